The number of hydrogen-bond acceptors (Lipinski definition) is 4. The lowest BCUT2D eigenvalue weighted by molar-refractivity contribution is -0.127. The molecular weight excluding hydrogens is 459 g/mol. The number of ether oxygens (including phenoxy) is 2. The number of fused-ring (bicyclic) bond motifs is 1. The van der Waals surface area contributed by atoms with Crippen molar-refractivity contribution in [3.63, 3.8) is 0 Å². The van der Waals surface area contributed by atoms with Gasteiger partial charge in [0.2, 0.25) is 5.91 Å². The third-order valence-corrected chi connectivity index (χ3v) is 3.72. The van der Waals surface area contributed by atoms with Crippen molar-refractivity contribution in [2.75, 3.05) is 40.4 Å². The molecule has 1 aromatic carbocycles. The Kier molecular flexibility index (Phi) is 9.98. The van der Waals surface area contributed by atoms with E-state index >= 15 is 0 Å². The van der Waals surface area contributed by atoms with E-state index in [1.54, 1.807) is 14.1 Å². The van der Waals surface area contributed by atoms with Crippen LogP contribution >= 0.6 is 24.0 Å². The van der Waals surface area contributed by atoms with E-state index in [1.807, 2.05) is 25.1 Å². The van der Waals surface area contributed by atoms with Crippen LogP contribution in [0.3, 0.4) is 0 Å². The zero-order valence-corrected chi connectivity index (χ0v) is 18.5. The van der Waals surface area contributed by atoms with Gasteiger partial charge in [0.1, 0.15) is 0 Å². The molecular formula is C19H29IN4O3. The van der Waals surface area contributed by atoms with E-state index in [-0.39, 0.29) is 36.4 Å². The van der Waals surface area contributed by atoms with Crippen molar-refractivity contribution >= 4 is 35.8 Å². The van der Waals surface area contributed by atoms with Gasteiger partial charge in [-0.15, -0.1) is 24.0 Å². The number of amides is 1. The fourth-order valence-electron chi connectivity index (χ4n) is 2.27. The summed E-state index contributed by atoms with van der Waals surface area (Å²) in [5.74, 6) is 2.02. The van der Waals surface area contributed by atoms with Crippen molar-refractivity contribution in [2.24, 2.45) is 4.99 Å². The summed E-state index contributed by atoms with van der Waals surface area (Å²) in [6.45, 7) is 8.25. The number of halogens is 1. The van der Waals surface area contributed by atoms with E-state index < -0.39 is 0 Å². The van der Waals surface area contributed by atoms with Crippen molar-refractivity contribution in [1.82, 2.24) is 15.5 Å². The first-order chi connectivity index (χ1) is 12.5. The number of carbonyl (C=O) groups is 1. The predicted molar refractivity (Wildman–Crippen MR) is 118 cm³/mol. The molecule has 27 heavy (non-hydrogen) atoms. The minimum absolute atomic E-state index is 0. The highest BCUT2D eigenvalue weighted by Gasteiger charge is 2.14. The van der Waals surface area contributed by atoms with Crippen LogP contribution in [-0.4, -0.2) is 57.2 Å². The molecule has 0 radical (unpaired) electrons. The number of nitrogens with zero attached hydrogens (tertiary/aromatic N) is 2. The first-order valence-electron chi connectivity index (χ1n) is 8.71. The van der Waals surface area contributed by atoms with Crippen LogP contribution in [-0.2, 0) is 11.3 Å². The summed E-state index contributed by atoms with van der Waals surface area (Å²) in [6, 6.07) is 5.81. The molecule has 0 saturated heterocycles. The summed E-state index contributed by atoms with van der Waals surface area (Å²) in [5.41, 5.74) is 1.92. The van der Waals surface area contributed by atoms with Crippen LogP contribution in [0.5, 0.6) is 11.5 Å². The molecule has 0 unspecified atom stereocenters. The second-order valence-electron chi connectivity index (χ2n) is 6.41. The van der Waals surface area contributed by atoms with Gasteiger partial charge in [0, 0.05) is 32.6 Å². The highest BCUT2D eigenvalue weighted by Crippen LogP contribution is 2.33. The van der Waals surface area contributed by atoms with Crippen molar-refractivity contribution in [3.05, 3.63) is 35.9 Å². The number of para-hydroxylation sites is 1. The summed E-state index contributed by atoms with van der Waals surface area (Å²) in [6.07, 6.45) is 0.858. The summed E-state index contributed by atoms with van der Waals surface area (Å²) in [5, 5.41) is 6.23. The average molecular weight is 488 g/mol. The van der Waals surface area contributed by atoms with Crippen LogP contribution in [0.2, 0.25) is 0 Å². The van der Waals surface area contributed by atoms with Crippen molar-refractivity contribution in [3.8, 4) is 11.5 Å². The SMILES string of the molecule is C=C(C)CNC(=NCc1cccc2c1OCCCO2)NCC(=O)N(C)C.I. The molecule has 7 nitrogen and oxygen atoms in total. The van der Waals surface area contributed by atoms with E-state index in [4.69, 9.17) is 9.47 Å². The minimum atomic E-state index is -0.0277. The molecule has 2 rings (SSSR count). The molecule has 0 aliphatic carbocycles. The van der Waals surface area contributed by atoms with Gasteiger partial charge in [-0.25, -0.2) is 4.99 Å². The smallest absolute Gasteiger partial charge is 0.241 e. The Morgan fingerprint density at radius 3 is 2.63 bits per heavy atom. The normalized spacial score (nSPS) is 13.1. The summed E-state index contributed by atoms with van der Waals surface area (Å²) in [4.78, 5) is 17.9. The zero-order chi connectivity index (χ0) is 18.9. The third-order valence-electron chi connectivity index (χ3n) is 3.72. The van der Waals surface area contributed by atoms with E-state index in [9.17, 15) is 4.79 Å². The lowest BCUT2D eigenvalue weighted by atomic mass is 10.2. The van der Waals surface area contributed by atoms with Gasteiger partial charge >= 0.3 is 0 Å². The molecule has 1 heterocycles. The Labute approximate surface area is 178 Å². The Balaban J connectivity index is 0.00000364. The summed E-state index contributed by atoms with van der Waals surface area (Å²) < 4.78 is 11.5. The van der Waals surface area contributed by atoms with Gasteiger partial charge in [-0.2, -0.15) is 0 Å². The molecule has 1 aromatic rings. The molecule has 0 spiro atoms. The number of rotatable bonds is 6. The fraction of sp³-hybridized carbons (Fsp3) is 0.474. The van der Waals surface area contributed by atoms with Crippen molar-refractivity contribution in [1.29, 1.82) is 0 Å². The first kappa shape index (κ1) is 23.1. The maximum atomic E-state index is 11.8. The molecule has 0 atom stereocenters. The second kappa shape index (κ2) is 11.7. The first-order valence-corrected chi connectivity index (χ1v) is 8.71. The molecule has 2 N–H and O–H groups in total. The zero-order valence-electron chi connectivity index (χ0n) is 16.2. The summed E-state index contributed by atoms with van der Waals surface area (Å²) >= 11 is 0. The van der Waals surface area contributed by atoms with E-state index in [0.717, 1.165) is 29.1 Å². The minimum Gasteiger partial charge on any atom is -0.490 e. The number of carbonyl (C=O) groups excluding carboxylic acids is 1. The highest BCUT2D eigenvalue weighted by molar-refractivity contribution is 14.0. The van der Waals surface area contributed by atoms with Crippen LogP contribution in [0, 0.1) is 0 Å². The molecule has 0 aromatic heterocycles. The number of guanidine groups is 1. The standard InChI is InChI=1S/C19H28N4O3.HI/c1-14(2)11-20-19(22-13-17(24)23(3)4)21-12-15-7-5-8-16-18(15)26-10-6-9-25-16;/h5,7-8H,1,6,9-13H2,2-4H3,(H2,20,21,22);1H. The molecule has 1 amide bonds. The monoisotopic (exact) mass is 488 g/mol. The molecule has 1 aliphatic heterocycles. The van der Waals surface area contributed by atoms with Crippen LogP contribution in [0.1, 0.15) is 18.9 Å². The van der Waals surface area contributed by atoms with Gasteiger partial charge in [0.15, 0.2) is 17.5 Å². The molecule has 0 saturated carbocycles. The third kappa shape index (κ3) is 7.66. The highest BCUT2D eigenvalue weighted by atomic mass is 127. The van der Waals surface area contributed by atoms with Gasteiger partial charge in [0.05, 0.1) is 26.3 Å². The van der Waals surface area contributed by atoms with Gasteiger partial charge in [-0.05, 0) is 13.0 Å². The lowest BCUT2D eigenvalue weighted by Crippen LogP contribution is -2.43. The van der Waals surface area contributed by atoms with Gasteiger partial charge in [-0.3, -0.25) is 4.79 Å². The predicted octanol–water partition coefficient (Wildman–Crippen LogP) is 2.17. The Morgan fingerprint density at radius 1 is 1.22 bits per heavy atom. The van der Waals surface area contributed by atoms with E-state index in [1.165, 1.54) is 4.90 Å². The molecule has 0 fully saturated rings. The average Bonchev–Trinajstić information content (AvgIpc) is 2.86. The topological polar surface area (TPSA) is 75.2 Å². The molecule has 0 bridgehead atoms. The fourth-order valence-corrected chi connectivity index (χ4v) is 2.27. The second-order valence-corrected chi connectivity index (χ2v) is 6.41. The number of nitrogens with one attached hydrogen (secondary N) is 2. The van der Waals surface area contributed by atoms with Crippen LogP contribution in [0.25, 0.3) is 0 Å². The Bertz CT molecular complexity index is 677. The Hall–Kier alpha value is -1.97. The lowest BCUT2D eigenvalue weighted by Gasteiger charge is -2.16. The van der Waals surface area contributed by atoms with Gasteiger partial charge in [-0.1, -0.05) is 24.3 Å². The number of benzene rings is 1. The van der Waals surface area contributed by atoms with Crippen molar-refractivity contribution in [2.45, 2.75) is 19.9 Å². The van der Waals surface area contributed by atoms with Crippen LogP contribution in [0.15, 0.2) is 35.3 Å². The van der Waals surface area contributed by atoms with Crippen LogP contribution in [0.4, 0.5) is 0 Å². The van der Waals surface area contributed by atoms with Gasteiger partial charge < -0.3 is 25.0 Å². The van der Waals surface area contributed by atoms with Crippen LogP contribution < -0.4 is 20.1 Å². The number of likely N-dealkylation sites (N-methyl/N-ethyl adjacent to an activating group) is 1. The maximum absolute atomic E-state index is 11.8. The molecule has 150 valence electrons. The molecule has 8 heteroatoms. The van der Waals surface area contributed by atoms with E-state index in [2.05, 4.69) is 22.2 Å². The quantitative estimate of drug-likeness (QED) is 0.278. The van der Waals surface area contributed by atoms with Gasteiger partial charge in [0.25, 0.3) is 0 Å². The largest absolute Gasteiger partial charge is 0.490 e. The van der Waals surface area contributed by atoms with E-state index in [0.29, 0.717) is 32.3 Å². The summed E-state index contributed by atoms with van der Waals surface area (Å²) in [7, 11) is 3.44. The maximum Gasteiger partial charge on any atom is 0.241 e. The number of aliphatic imine (C=N–C) groups is 1. The number of hydrogen-bond donors (Lipinski definition) is 2. The Morgan fingerprint density at radius 2 is 1.93 bits per heavy atom. The van der Waals surface area contributed by atoms with Crippen molar-refractivity contribution < 1.29 is 14.3 Å². The molecule has 1 aliphatic rings.